The lowest BCUT2D eigenvalue weighted by Crippen LogP contribution is -2.22. The van der Waals surface area contributed by atoms with E-state index in [0.29, 0.717) is 29.5 Å². The molecule has 0 atom stereocenters. The number of hydrogen-bond acceptors (Lipinski definition) is 6. The van der Waals surface area contributed by atoms with E-state index in [9.17, 15) is 13.2 Å². The van der Waals surface area contributed by atoms with Crippen LogP contribution >= 0.6 is 11.3 Å². The number of fused-ring (bicyclic) bond motifs is 1. The lowest BCUT2D eigenvalue weighted by atomic mass is 10.2. The quantitative estimate of drug-likeness (QED) is 0.850. The van der Waals surface area contributed by atoms with Gasteiger partial charge in [0.1, 0.15) is 10.7 Å². The van der Waals surface area contributed by atoms with Gasteiger partial charge in [0, 0.05) is 18.2 Å². The highest BCUT2D eigenvalue weighted by atomic mass is 32.2. The summed E-state index contributed by atoms with van der Waals surface area (Å²) < 4.78 is 28.0. The van der Waals surface area contributed by atoms with Crippen LogP contribution in [0.15, 0.2) is 38.9 Å². The Bertz CT molecular complexity index is 903. The van der Waals surface area contributed by atoms with Gasteiger partial charge in [0.25, 0.3) is 10.0 Å². The van der Waals surface area contributed by atoms with Crippen molar-refractivity contribution in [2.45, 2.75) is 31.1 Å². The van der Waals surface area contributed by atoms with Crippen LogP contribution in [0.25, 0.3) is 0 Å². The Morgan fingerprint density at radius 1 is 1.33 bits per heavy atom. The summed E-state index contributed by atoms with van der Waals surface area (Å²) >= 11 is 1.37. The second-order valence-corrected chi connectivity index (χ2v) is 7.76. The number of aromatic nitrogens is 1. The van der Waals surface area contributed by atoms with E-state index in [2.05, 4.69) is 20.0 Å². The zero-order valence-electron chi connectivity index (χ0n) is 12.9. The van der Waals surface area contributed by atoms with Crippen molar-refractivity contribution in [2.24, 2.45) is 4.40 Å². The molecule has 1 amide bonds. The maximum atomic E-state index is 12.1. The number of amides is 1. The van der Waals surface area contributed by atoms with Crippen molar-refractivity contribution in [3.05, 3.63) is 35.3 Å². The topological polar surface area (TPSA) is 101 Å². The van der Waals surface area contributed by atoms with Gasteiger partial charge in [0.15, 0.2) is 5.13 Å². The van der Waals surface area contributed by atoms with Crippen LogP contribution in [0.3, 0.4) is 0 Å². The molecule has 24 heavy (non-hydrogen) atoms. The Hall–Kier alpha value is -2.26. The van der Waals surface area contributed by atoms with Gasteiger partial charge in [-0.1, -0.05) is 12.1 Å². The number of thiazole rings is 1. The monoisotopic (exact) mass is 364 g/mol. The molecule has 0 saturated carbocycles. The molecule has 0 saturated heterocycles. The summed E-state index contributed by atoms with van der Waals surface area (Å²) in [4.78, 5) is 16.2. The molecule has 0 radical (unpaired) electrons. The van der Waals surface area contributed by atoms with Gasteiger partial charge in [-0.3, -0.25) is 4.79 Å². The predicted octanol–water partition coefficient (Wildman–Crippen LogP) is 2.77. The molecule has 2 N–H and O–H groups in total. The number of carbonyl (C=O) groups is 1. The van der Waals surface area contributed by atoms with Crippen LogP contribution in [0.1, 0.15) is 25.0 Å². The zero-order chi connectivity index (χ0) is 17.2. The summed E-state index contributed by atoms with van der Waals surface area (Å²) in [6, 6.07) is 6.62. The second kappa shape index (κ2) is 6.70. The van der Waals surface area contributed by atoms with Gasteiger partial charge in [-0.05, 0) is 25.5 Å². The number of nitrogens with one attached hydrogen (secondary N) is 2. The molecule has 1 aromatic carbocycles. The van der Waals surface area contributed by atoms with Crippen molar-refractivity contribution in [3.8, 4) is 0 Å². The third-order valence-electron chi connectivity index (χ3n) is 3.36. The van der Waals surface area contributed by atoms with E-state index < -0.39 is 10.0 Å². The molecule has 126 valence electrons. The van der Waals surface area contributed by atoms with Crippen molar-refractivity contribution < 1.29 is 13.2 Å². The first kappa shape index (κ1) is 16.6. The van der Waals surface area contributed by atoms with Gasteiger partial charge >= 0.3 is 0 Å². The molecule has 0 bridgehead atoms. The fourth-order valence-electron chi connectivity index (χ4n) is 2.29. The number of hydrogen-bond donors (Lipinski definition) is 2. The van der Waals surface area contributed by atoms with Crippen molar-refractivity contribution >= 4 is 43.9 Å². The van der Waals surface area contributed by atoms with Gasteiger partial charge < -0.3 is 10.6 Å². The normalized spacial score (nSPS) is 15.1. The van der Waals surface area contributed by atoms with Crippen molar-refractivity contribution in [1.29, 1.82) is 0 Å². The molecule has 1 aliphatic rings. The molecule has 7 nitrogen and oxygen atoms in total. The summed E-state index contributed by atoms with van der Waals surface area (Å²) in [5, 5.41) is 8.16. The van der Waals surface area contributed by atoms with E-state index >= 15 is 0 Å². The number of rotatable bonds is 5. The zero-order valence-corrected chi connectivity index (χ0v) is 14.6. The van der Waals surface area contributed by atoms with E-state index in [4.69, 9.17) is 0 Å². The number of carbonyl (C=O) groups excluding carboxylic acids is 1. The summed E-state index contributed by atoms with van der Waals surface area (Å²) in [6.45, 7) is 1.86. The van der Waals surface area contributed by atoms with Crippen LogP contribution in [0.4, 0.5) is 10.8 Å². The minimum absolute atomic E-state index is 0.149. The maximum absolute atomic E-state index is 12.1. The summed E-state index contributed by atoms with van der Waals surface area (Å²) in [5.41, 5.74) is 1.38. The minimum atomic E-state index is -3.67. The fourth-order valence-corrected chi connectivity index (χ4v) is 4.16. The second-order valence-electron chi connectivity index (χ2n) is 5.33. The highest BCUT2D eigenvalue weighted by Gasteiger charge is 2.23. The van der Waals surface area contributed by atoms with Crippen molar-refractivity contribution in [3.63, 3.8) is 0 Å². The van der Waals surface area contributed by atoms with Crippen molar-refractivity contribution in [1.82, 2.24) is 4.98 Å². The van der Waals surface area contributed by atoms with Crippen LogP contribution in [0.5, 0.6) is 0 Å². The van der Waals surface area contributed by atoms with E-state index in [1.807, 2.05) is 12.3 Å². The summed E-state index contributed by atoms with van der Waals surface area (Å²) in [6.07, 6.45) is 1.12. The Balaban J connectivity index is 1.56. The van der Waals surface area contributed by atoms with Gasteiger partial charge in [0.2, 0.25) is 5.91 Å². The van der Waals surface area contributed by atoms with Crippen LogP contribution in [0.2, 0.25) is 0 Å². The maximum Gasteiger partial charge on any atom is 0.286 e. The Kier molecular flexibility index (Phi) is 4.63. The van der Waals surface area contributed by atoms with E-state index in [-0.39, 0.29) is 17.2 Å². The lowest BCUT2D eigenvalue weighted by molar-refractivity contribution is -0.116. The van der Waals surface area contributed by atoms with Gasteiger partial charge in [-0.25, -0.2) is 4.98 Å². The molecular weight excluding hydrogens is 348 g/mol. The highest BCUT2D eigenvalue weighted by molar-refractivity contribution is 7.90. The summed E-state index contributed by atoms with van der Waals surface area (Å²) in [7, 11) is -3.67. The minimum Gasteiger partial charge on any atom is -0.342 e. The number of amidine groups is 1. The standard InChI is InChI=1S/C15H16N4O3S2/c1-10-9-23-15(16-10)18-14(20)8-4-7-13-17-11-5-2-3-6-12(11)24(21,22)19-13/h2-3,5-6,9H,4,7-8H2,1H3,(H,17,19)(H,16,18,20). The average Bonchev–Trinajstić information content (AvgIpc) is 2.91. The first-order chi connectivity index (χ1) is 11.4. The first-order valence-electron chi connectivity index (χ1n) is 7.36. The SMILES string of the molecule is Cc1csc(NC(=O)CCCC2=NS(=O)(=O)c3ccccc3N2)n1. The number of anilines is 2. The molecule has 1 aromatic heterocycles. The third kappa shape index (κ3) is 3.80. The number of para-hydroxylation sites is 1. The van der Waals surface area contributed by atoms with Gasteiger partial charge in [-0.15, -0.1) is 15.7 Å². The van der Waals surface area contributed by atoms with Crippen LogP contribution < -0.4 is 10.6 Å². The Morgan fingerprint density at radius 2 is 2.12 bits per heavy atom. The summed E-state index contributed by atoms with van der Waals surface area (Å²) in [5.74, 6) is 0.204. The molecule has 0 unspecified atom stereocenters. The van der Waals surface area contributed by atoms with Gasteiger partial charge in [-0.2, -0.15) is 8.42 Å². The molecule has 0 spiro atoms. The highest BCUT2D eigenvalue weighted by Crippen LogP contribution is 2.27. The van der Waals surface area contributed by atoms with Crippen LogP contribution in [0, 0.1) is 6.92 Å². The van der Waals surface area contributed by atoms with Crippen molar-refractivity contribution in [2.75, 3.05) is 10.6 Å². The number of benzene rings is 1. The van der Waals surface area contributed by atoms with E-state index in [1.54, 1.807) is 18.2 Å². The van der Waals surface area contributed by atoms with Crippen LogP contribution in [-0.4, -0.2) is 25.1 Å². The molecule has 9 heteroatoms. The largest absolute Gasteiger partial charge is 0.342 e. The van der Waals surface area contributed by atoms with Gasteiger partial charge in [0.05, 0.1) is 11.4 Å². The van der Waals surface area contributed by atoms with E-state index in [1.165, 1.54) is 17.4 Å². The first-order valence-corrected chi connectivity index (χ1v) is 9.68. The molecule has 3 rings (SSSR count). The van der Waals surface area contributed by atoms with Crippen LogP contribution in [-0.2, 0) is 14.8 Å². The number of sulfonamides is 1. The number of aryl methyl sites for hydroxylation is 1. The Morgan fingerprint density at radius 3 is 2.88 bits per heavy atom. The molecule has 1 aliphatic heterocycles. The molecule has 0 aliphatic carbocycles. The van der Waals surface area contributed by atoms with E-state index in [0.717, 1.165) is 5.69 Å². The molecular formula is C15H16N4O3S2. The third-order valence-corrected chi connectivity index (χ3v) is 5.61. The Labute approximate surface area is 143 Å². The molecule has 0 fully saturated rings. The lowest BCUT2D eigenvalue weighted by Gasteiger charge is -2.17. The molecule has 2 heterocycles. The average molecular weight is 364 g/mol. The fraction of sp³-hybridized carbons (Fsp3) is 0.267. The smallest absolute Gasteiger partial charge is 0.286 e. The molecule has 2 aromatic rings. The number of nitrogens with zero attached hydrogens (tertiary/aromatic N) is 2. The predicted molar refractivity (Wildman–Crippen MR) is 94.0 cm³/mol.